The maximum atomic E-state index is 11.7. The van der Waals surface area contributed by atoms with Gasteiger partial charge in [-0.15, -0.1) is 0 Å². The van der Waals surface area contributed by atoms with E-state index in [1.165, 1.54) is 32.1 Å². The van der Waals surface area contributed by atoms with Crippen LogP contribution in [0, 0.1) is 11.3 Å². The van der Waals surface area contributed by atoms with Crippen LogP contribution in [0.5, 0.6) is 0 Å². The van der Waals surface area contributed by atoms with Crippen LogP contribution in [0.3, 0.4) is 0 Å². The Morgan fingerprint density at radius 2 is 1.85 bits per heavy atom. The van der Waals surface area contributed by atoms with E-state index in [0.717, 1.165) is 12.3 Å². The van der Waals surface area contributed by atoms with Gasteiger partial charge in [-0.2, -0.15) is 0 Å². The van der Waals surface area contributed by atoms with Crippen LogP contribution in [0.15, 0.2) is 0 Å². The number of carboxylic acid groups (broad SMARTS) is 1. The van der Waals surface area contributed by atoms with Crippen molar-refractivity contribution in [1.29, 1.82) is 0 Å². The summed E-state index contributed by atoms with van der Waals surface area (Å²) in [7, 11) is 0. The number of carbonyl (C=O) groups excluding carboxylic acids is 1. The minimum atomic E-state index is -0.888. The van der Waals surface area contributed by atoms with E-state index in [2.05, 4.69) is 10.6 Å². The Morgan fingerprint density at radius 3 is 2.40 bits per heavy atom. The maximum absolute atomic E-state index is 11.7. The second-order valence-electron chi connectivity index (χ2n) is 6.12. The molecule has 0 aliphatic heterocycles. The van der Waals surface area contributed by atoms with Crippen LogP contribution in [-0.2, 0) is 4.79 Å². The molecule has 0 aromatic heterocycles. The van der Waals surface area contributed by atoms with Gasteiger partial charge in [0.25, 0.3) is 0 Å². The van der Waals surface area contributed by atoms with Gasteiger partial charge in [-0.1, -0.05) is 39.0 Å². The van der Waals surface area contributed by atoms with E-state index >= 15 is 0 Å². The van der Waals surface area contributed by atoms with Gasteiger partial charge in [-0.25, -0.2) is 4.79 Å². The van der Waals surface area contributed by atoms with Crippen molar-refractivity contribution in [2.24, 2.45) is 11.3 Å². The molecular weight excluding hydrogens is 256 g/mol. The molecule has 2 amide bonds. The van der Waals surface area contributed by atoms with Gasteiger partial charge >= 0.3 is 12.0 Å². The number of carbonyl (C=O) groups is 2. The first-order chi connectivity index (χ1) is 9.48. The number of nitrogens with one attached hydrogen (secondary N) is 2. The topological polar surface area (TPSA) is 78.4 Å². The molecule has 0 heterocycles. The van der Waals surface area contributed by atoms with Crippen LogP contribution < -0.4 is 10.6 Å². The average molecular weight is 284 g/mol. The van der Waals surface area contributed by atoms with Crippen molar-refractivity contribution < 1.29 is 14.7 Å². The highest BCUT2D eigenvalue weighted by Crippen LogP contribution is 2.25. The molecule has 1 aliphatic rings. The fraction of sp³-hybridized carbons (Fsp3) is 0.867. The summed E-state index contributed by atoms with van der Waals surface area (Å²) in [6.07, 6.45) is 8.03. The lowest BCUT2D eigenvalue weighted by Crippen LogP contribution is -2.45. The minimum Gasteiger partial charge on any atom is -0.481 e. The highest BCUT2D eigenvalue weighted by Gasteiger charge is 2.31. The number of urea groups is 1. The Balaban J connectivity index is 2.18. The average Bonchev–Trinajstić information content (AvgIpc) is 2.45. The van der Waals surface area contributed by atoms with Crippen molar-refractivity contribution in [3.8, 4) is 0 Å². The van der Waals surface area contributed by atoms with E-state index in [4.69, 9.17) is 5.11 Å². The van der Waals surface area contributed by atoms with Crippen molar-refractivity contribution in [3.05, 3.63) is 0 Å². The monoisotopic (exact) mass is 284 g/mol. The number of hydrogen-bond acceptors (Lipinski definition) is 2. The Hall–Kier alpha value is -1.26. The third-order valence-corrected chi connectivity index (χ3v) is 4.50. The molecular formula is C15H28N2O3. The van der Waals surface area contributed by atoms with Crippen LogP contribution in [-0.4, -0.2) is 30.2 Å². The molecule has 0 spiro atoms. The number of carboxylic acids is 1. The summed E-state index contributed by atoms with van der Waals surface area (Å²) < 4.78 is 0. The maximum Gasteiger partial charge on any atom is 0.314 e. The standard InChI is InChI=1S/C15H28N2O3/c1-3-15(2,13(18)19)11-17-14(20)16-10-9-12-7-5-4-6-8-12/h12H,3-11H2,1-2H3,(H,18,19)(H2,16,17,20). The zero-order valence-electron chi connectivity index (χ0n) is 12.7. The van der Waals surface area contributed by atoms with Gasteiger partial charge in [-0.3, -0.25) is 4.79 Å². The molecule has 3 N–H and O–H groups in total. The first kappa shape index (κ1) is 16.8. The van der Waals surface area contributed by atoms with Crippen molar-refractivity contribution in [1.82, 2.24) is 10.6 Å². The molecule has 0 radical (unpaired) electrons. The molecule has 1 aliphatic carbocycles. The Morgan fingerprint density at radius 1 is 1.20 bits per heavy atom. The molecule has 20 heavy (non-hydrogen) atoms. The van der Waals surface area contributed by atoms with Crippen molar-refractivity contribution in [2.45, 2.75) is 58.8 Å². The van der Waals surface area contributed by atoms with E-state index in [9.17, 15) is 9.59 Å². The smallest absolute Gasteiger partial charge is 0.314 e. The van der Waals surface area contributed by atoms with E-state index < -0.39 is 11.4 Å². The number of rotatable bonds is 7. The molecule has 0 aromatic carbocycles. The van der Waals surface area contributed by atoms with Gasteiger partial charge in [0.05, 0.1) is 5.41 Å². The SMILES string of the molecule is CCC(C)(CNC(=O)NCCC1CCCCC1)C(=O)O. The molecule has 5 heteroatoms. The third-order valence-electron chi connectivity index (χ3n) is 4.50. The summed E-state index contributed by atoms with van der Waals surface area (Å²) in [6.45, 7) is 4.30. The zero-order valence-corrected chi connectivity index (χ0v) is 12.7. The lowest BCUT2D eigenvalue weighted by atomic mass is 9.87. The fourth-order valence-corrected chi connectivity index (χ4v) is 2.56. The van der Waals surface area contributed by atoms with E-state index in [1.54, 1.807) is 6.92 Å². The van der Waals surface area contributed by atoms with Crippen LogP contribution >= 0.6 is 0 Å². The van der Waals surface area contributed by atoms with Crippen molar-refractivity contribution in [3.63, 3.8) is 0 Å². The van der Waals surface area contributed by atoms with Gasteiger partial charge in [0.15, 0.2) is 0 Å². The Bertz CT molecular complexity index is 327. The molecule has 116 valence electrons. The van der Waals surface area contributed by atoms with E-state index in [1.807, 2.05) is 6.92 Å². The third kappa shape index (κ3) is 5.39. The van der Waals surface area contributed by atoms with Gasteiger partial charge < -0.3 is 15.7 Å². The zero-order chi connectivity index (χ0) is 15.0. The van der Waals surface area contributed by atoms with Gasteiger partial charge in [0.2, 0.25) is 0 Å². The predicted molar refractivity (Wildman–Crippen MR) is 78.6 cm³/mol. The van der Waals surface area contributed by atoms with Gasteiger partial charge in [0.1, 0.15) is 0 Å². The highest BCUT2D eigenvalue weighted by atomic mass is 16.4. The van der Waals surface area contributed by atoms with E-state index in [0.29, 0.717) is 13.0 Å². The van der Waals surface area contributed by atoms with Gasteiger partial charge in [-0.05, 0) is 25.7 Å². The van der Waals surface area contributed by atoms with Crippen LogP contribution in [0.2, 0.25) is 0 Å². The van der Waals surface area contributed by atoms with Crippen LogP contribution in [0.25, 0.3) is 0 Å². The van der Waals surface area contributed by atoms with Gasteiger partial charge in [0, 0.05) is 13.1 Å². The molecule has 1 atom stereocenters. The summed E-state index contributed by atoms with van der Waals surface area (Å²) in [4.78, 5) is 22.8. The minimum absolute atomic E-state index is 0.161. The quantitative estimate of drug-likeness (QED) is 0.672. The first-order valence-corrected chi connectivity index (χ1v) is 7.73. The Kier molecular flexibility index (Phi) is 6.82. The largest absolute Gasteiger partial charge is 0.481 e. The molecule has 1 unspecified atom stereocenters. The fourth-order valence-electron chi connectivity index (χ4n) is 2.56. The number of hydrogen-bond donors (Lipinski definition) is 3. The molecule has 0 bridgehead atoms. The molecule has 1 rings (SSSR count). The Labute approximate surface area is 121 Å². The van der Waals surface area contributed by atoms with Crippen molar-refractivity contribution >= 4 is 12.0 Å². The molecule has 5 nitrogen and oxygen atoms in total. The number of amides is 2. The van der Waals surface area contributed by atoms with Crippen molar-refractivity contribution in [2.75, 3.05) is 13.1 Å². The highest BCUT2D eigenvalue weighted by molar-refractivity contribution is 5.77. The summed E-state index contributed by atoms with van der Waals surface area (Å²) in [5.74, 6) is -0.133. The lowest BCUT2D eigenvalue weighted by Gasteiger charge is -2.24. The number of aliphatic carboxylic acids is 1. The van der Waals surface area contributed by atoms with E-state index in [-0.39, 0.29) is 12.6 Å². The second kappa shape index (κ2) is 8.12. The summed E-state index contributed by atoms with van der Waals surface area (Å²) in [6, 6.07) is -0.262. The van der Waals surface area contributed by atoms with Crippen LogP contribution in [0.4, 0.5) is 4.79 Å². The van der Waals surface area contributed by atoms with Crippen LogP contribution in [0.1, 0.15) is 58.8 Å². The first-order valence-electron chi connectivity index (χ1n) is 7.73. The predicted octanol–water partition coefficient (Wildman–Crippen LogP) is 2.76. The normalized spacial score (nSPS) is 19.1. The molecule has 1 saturated carbocycles. The summed E-state index contributed by atoms with van der Waals surface area (Å²) in [5, 5.41) is 14.6. The summed E-state index contributed by atoms with van der Waals surface area (Å²) >= 11 is 0. The molecule has 0 aromatic rings. The summed E-state index contributed by atoms with van der Waals surface area (Å²) in [5.41, 5.74) is -0.888. The molecule has 1 fully saturated rings. The lowest BCUT2D eigenvalue weighted by molar-refractivity contribution is -0.147. The molecule has 0 saturated heterocycles. The second-order valence-corrected chi connectivity index (χ2v) is 6.12.